The van der Waals surface area contributed by atoms with Gasteiger partial charge in [0, 0.05) is 5.41 Å². The molecule has 0 bridgehead atoms. The highest BCUT2D eigenvalue weighted by Gasteiger charge is 2.31. The Morgan fingerprint density at radius 3 is 2.05 bits per heavy atom. The van der Waals surface area contributed by atoms with Crippen LogP contribution in [0, 0.1) is 6.92 Å². The van der Waals surface area contributed by atoms with Gasteiger partial charge in [-0.15, -0.1) is 0 Å². The molecule has 0 amide bonds. The number of rotatable bonds is 6. The molecule has 2 rings (SSSR count). The molecule has 2 aromatic rings. The number of hydrogen-bond donors (Lipinski definition) is 2. The lowest BCUT2D eigenvalue weighted by atomic mass is 9.76. The Labute approximate surface area is 127 Å². The highest BCUT2D eigenvalue weighted by Crippen LogP contribution is 2.29. The van der Waals surface area contributed by atoms with Crippen molar-refractivity contribution in [3.05, 3.63) is 70.8 Å². The highest BCUT2D eigenvalue weighted by atomic mass is 16.3. The largest absolute Gasteiger partial charge is 0.395 e. The van der Waals surface area contributed by atoms with E-state index in [4.69, 9.17) is 0 Å². The van der Waals surface area contributed by atoms with Crippen LogP contribution in [0.4, 0.5) is 0 Å². The minimum absolute atomic E-state index is 0.0670. The fourth-order valence-corrected chi connectivity index (χ4v) is 2.70. The van der Waals surface area contributed by atoms with E-state index in [1.165, 1.54) is 5.56 Å². The third-order valence-electron chi connectivity index (χ3n) is 4.21. The third-order valence-corrected chi connectivity index (χ3v) is 4.21. The number of benzene rings is 2. The Kier molecular flexibility index (Phi) is 5.16. The van der Waals surface area contributed by atoms with Gasteiger partial charge >= 0.3 is 0 Å². The molecular weight excluding hydrogens is 260 g/mol. The molecule has 112 valence electrons. The van der Waals surface area contributed by atoms with Gasteiger partial charge in [0.1, 0.15) is 0 Å². The quantitative estimate of drug-likeness (QED) is 0.856. The summed E-state index contributed by atoms with van der Waals surface area (Å²) < 4.78 is 0. The lowest BCUT2D eigenvalue weighted by Gasteiger charge is -2.31. The maximum atomic E-state index is 9.92. The van der Waals surface area contributed by atoms with E-state index in [2.05, 4.69) is 31.2 Å². The average molecular weight is 284 g/mol. The molecule has 0 aliphatic heterocycles. The zero-order chi connectivity index (χ0) is 15.3. The highest BCUT2D eigenvalue weighted by molar-refractivity contribution is 5.33. The minimum Gasteiger partial charge on any atom is -0.395 e. The van der Waals surface area contributed by atoms with Gasteiger partial charge < -0.3 is 10.2 Å². The fraction of sp³-hybridized carbons (Fsp3) is 0.368. The average Bonchev–Trinajstić information content (AvgIpc) is 2.53. The topological polar surface area (TPSA) is 40.5 Å². The maximum Gasteiger partial charge on any atom is 0.0553 e. The van der Waals surface area contributed by atoms with Crippen LogP contribution in [0.2, 0.25) is 0 Å². The summed E-state index contributed by atoms with van der Waals surface area (Å²) in [6.07, 6.45) is 1.65. The van der Waals surface area contributed by atoms with E-state index < -0.39 is 5.41 Å². The summed E-state index contributed by atoms with van der Waals surface area (Å²) in [5, 5.41) is 19.8. The summed E-state index contributed by atoms with van der Waals surface area (Å²) in [4.78, 5) is 0. The second kappa shape index (κ2) is 6.88. The fourth-order valence-electron chi connectivity index (χ4n) is 2.70. The van der Waals surface area contributed by atoms with Crippen LogP contribution in [-0.4, -0.2) is 23.4 Å². The van der Waals surface area contributed by atoms with Gasteiger partial charge in [-0.25, -0.2) is 0 Å². The molecule has 0 aromatic heterocycles. The molecule has 0 aliphatic carbocycles. The van der Waals surface area contributed by atoms with Crippen molar-refractivity contribution in [1.82, 2.24) is 0 Å². The van der Waals surface area contributed by atoms with E-state index in [9.17, 15) is 10.2 Å². The van der Waals surface area contributed by atoms with Crippen LogP contribution in [-0.2, 0) is 18.3 Å². The summed E-state index contributed by atoms with van der Waals surface area (Å²) in [6.45, 7) is 4.03. The molecule has 0 saturated carbocycles. The molecule has 0 radical (unpaired) electrons. The standard InChI is InChI=1S/C19H24O2/c1-3-16-7-9-17(10-8-16)12-19(13-20,14-21)18-6-4-5-15(2)11-18/h4-11,20-21H,3,12-14H2,1-2H3. The Bertz CT molecular complexity index is 568. The molecule has 0 saturated heterocycles. The second-order valence-electron chi connectivity index (χ2n) is 5.81. The van der Waals surface area contributed by atoms with E-state index in [1.807, 2.05) is 31.2 Å². The van der Waals surface area contributed by atoms with Crippen LogP contribution in [0.15, 0.2) is 48.5 Å². The molecule has 2 nitrogen and oxygen atoms in total. The molecule has 2 N–H and O–H groups in total. The van der Waals surface area contributed by atoms with E-state index in [0.717, 1.165) is 23.1 Å². The van der Waals surface area contributed by atoms with E-state index >= 15 is 0 Å². The third kappa shape index (κ3) is 3.52. The number of hydrogen-bond acceptors (Lipinski definition) is 2. The predicted octanol–water partition coefficient (Wildman–Crippen LogP) is 3.02. The van der Waals surface area contributed by atoms with Crippen molar-refractivity contribution in [3.63, 3.8) is 0 Å². The Morgan fingerprint density at radius 2 is 1.52 bits per heavy atom. The minimum atomic E-state index is -0.625. The first-order valence-corrected chi connectivity index (χ1v) is 7.50. The van der Waals surface area contributed by atoms with Crippen molar-refractivity contribution in [2.75, 3.05) is 13.2 Å². The van der Waals surface area contributed by atoms with Crippen LogP contribution in [0.3, 0.4) is 0 Å². The molecule has 0 heterocycles. The number of aliphatic hydroxyl groups is 2. The van der Waals surface area contributed by atoms with E-state index in [1.54, 1.807) is 0 Å². The first-order chi connectivity index (χ1) is 10.1. The smallest absolute Gasteiger partial charge is 0.0553 e. The van der Waals surface area contributed by atoms with Gasteiger partial charge in [0.25, 0.3) is 0 Å². The van der Waals surface area contributed by atoms with Gasteiger partial charge in [0.05, 0.1) is 13.2 Å². The number of aliphatic hydroxyl groups excluding tert-OH is 2. The van der Waals surface area contributed by atoms with Crippen molar-refractivity contribution in [2.45, 2.75) is 32.1 Å². The summed E-state index contributed by atoms with van der Waals surface area (Å²) in [5.74, 6) is 0. The molecule has 0 unspecified atom stereocenters. The van der Waals surface area contributed by atoms with Crippen LogP contribution in [0.1, 0.15) is 29.2 Å². The monoisotopic (exact) mass is 284 g/mol. The van der Waals surface area contributed by atoms with Crippen molar-refractivity contribution < 1.29 is 10.2 Å². The summed E-state index contributed by atoms with van der Waals surface area (Å²) in [5.41, 5.74) is 3.94. The lowest BCUT2D eigenvalue weighted by molar-refractivity contribution is 0.116. The van der Waals surface area contributed by atoms with Crippen molar-refractivity contribution in [1.29, 1.82) is 0 Å². The molecule has 2 heteroatoms. The Balaban J connectivity index is 2.33. The Hall–Kier alpha value is -1.64. The summed E-state index contributed by atoms with van der Waals surface area (Å²) in [7, 11) is 0. The molecule has 0 atom stereocenters. The summed E-state index contributed by atoms with van der Waals surface area (Å²) >= 11 is 0. The van der Waals surface area contributed by atoms with Crippen molar-refractivity contribution in [2.24, 2.45) is 0 Å². The lowest BCUT2D eigenvalue weighted by Crippen LogP contribution is -2.37. The normalized spacial score (nSPS) is 11.6. The second-order valence-corrected chi connectivity index (χ2v) is 5.81. The van der Waals surface area contributed by atoms with Gasteiger partial charge in [-0.2, -0.15) is 0 Å². The van der Waals surface area contributed by atoms with Gasteiger partial charge in [0.15, 0.2) is 0 Å². The van der Waals surface area contributed by atoms with Crippen LogP contribution in [0.5, 0.6) is 0 Å². The first-order valence-electron chi connectivity index (χ1n) is 7.50. The van der Waals surface area contributed by atoms with Gasteiger partial charge in [0.2, 0.25) is 0 Å². The van der Waals surface area contributed by atoms with Crippen LogP contribution in [0.25, 0.3) is 0 Å². The predicted molar refractivity (Wildman–Crippen MR) is 86.6 cm³/mol. The molecule has 2 aromatic carbocycles. The summed E-state index contributed by atoms with van der Waals surface area (Å²) in [6, 6.07) is 16.5. The SMILES string of the molecule is CCc1ccc(CC(CO)(CO)c2cccc(C)c2)cc1. The molecule has 21 heavy (non-hydrogen) atoms. The van der Waals surface area contributed by atoms with Gasteiger partial charge in [-0.3, -0.25) is 0 Å². The van der Waals surface area contributed by atoms with Crippen LogP contribution >= 0.6 is 0 Å². The van der Waals surface area contributed by atoms with Gasteiger partial charge in [-0.1, -0.05) is 61.0 Å². The Morgan fingerprint density at radius 1 is 0.905 bits per heavy atom. The van der Waals surface area contributed by atoms with Crippen LogP contribution < -0.4 is 0 Å². The molecule has 0 aliphatic rings. The molecule has 0 fully saturated rings. The zero-order valence-electron chi connectivity index (χ0n) is 12.8. The zero-order valence-corrected chi connectivity index (χ0v) is 12.8. The maximum absolute atomic E-state index is 9.92. The first kappa shape index (κ1) is 15.7. The number of aryl methyl sites for hydroxylation is 2. The van der Waals surface area contributed by atoms with Crippen molar-refractivity contribution in [3.8, 4) is 0 Å². The van der Waals surface area contributed by atoms with Crippen molar-refractivity contribution >= 4 is 0 Å². The van der Waals surface area contributed by atoms with Gasteiger partial charge in [-0.05, 0) is 36.5 Å². The van der Waals surface area contributed by atoms with E-state index in [-0.39, 0.29) is 13.2 Å². The van der Waals surface area contributed by atoms with E-state index in [0.29, 0.717) is 6.42 Å². The molecular formula is C19H24O2. The molecule has 0 spiro atoms.